The van der Waals surface area contributed by atoms with Crippen molar-refractivity contribution in [2.24, 2.45) is 0 Å². The molecule has 28 heavy (non-hydrogen) atoms. The molecule has 0 spiro atoms. The summed E-state index contributed by atoms with van der Waals surface area (Å²) in [5, 5.41) is 0. The molecule has 0 saturated heterocycles. The zero-order chi connectivity index (χ0) is 24.0. The minimum Gasteiger partial charge on any atom is -0.756 e. The summed E-state index contributed by atoms with van der Waals surface area (Å²) in [6.07, 6.45) is -1.50. The highest BCUT2D eigenvalue weighted by Gasteiger charge is 2.21. The van der Waals surface area contributed by atoms with Crippen molar-refractivity contribution in [2.75, 3.05) is 28.4 Å². The van der Waals surface area contributed by atoms with Crippen LogP contribution in [-0.2, 0) is 76.3 Å². The predicted molar refractivity (Wildman–Crippen MR) is 114 cm³/mol. The molecule has 0 aromatic rings. The molecule has 21 heteroatoms. The van der Waals surface area contributed by atoms with Gasteiger partial charge in [-0.25, -0.2) is 0 Å². The van der Waals surface area contributed by atoms with Crippen LogP contribution in [-0.4, -0.2) is 34.7 Å². The van der Waals surface area contributed by atoms with Crippen LogP contribution in [0.5, 0.6) is 0 Å². The third-order valence-electron chi connectivity index (χ3n) is 1.72. The second-order valence-electron chi connectivity index (χ2n) is 3.12. The summed E-state index contributed by atoms with van der Waals surface area (Å²) in [6.45, 7) is 1.47. The Morgan fingerprint density at radius 3 is 1.00 bits per heavy atom. The van der Waals surface area contributed by atoms with Crippen molar-refractivity contribution in [2.45, 2.75) is 19.6 Å². The van der Waals surface area contributed by atoms with Crippen LogP contribution in [0.3, 0.4) is 0 Å². The average molecular weight is 579 g/mol. The number of phosphoric acid groups is 3. The molecule has 0 bridgehead atoms. The Kier molecular flexibility index (Phi) is 36.2. The highest BCUT2D eigenvalue weighted by Crippen LogP contribution is 2.45. The molecular formula is C7H21O12P6S3-3. The topological polar surface area (TPSA) is 176 Å². The Labute approximate surface area is 186 Å². The summed E-state index contributed by atoms with van der Waals surface area (Å²) in [4.78, 5) is 31.6. The zero-order valence-corrected chi connectivity index (χ0v) is 23.4. The van der Waals surface area contributed by atoms with Gasteiger partial charge in [0, 0.05) is 28.4 Å². The summed E-state index contributed by atoms with van der Waals surface area (Å²) in [7, 11) is -1.46. The fraction of sp³-hybridized carbons (Fsp3) is 1.00. The van der Waals surface area contributed by atoms with Gasteiger partial charge in [0.15, 0.2) is 6.29 Å². The van der Waals surface area contributed by atoms with E-state index < -0.39 is 29.8 Å². The number of phosphoric ester groups is 3. The molecule has 12 nitrogen and oxygen atoms in total. The molecule has 0 radical (unpaired) electrons. The quantitative estimate of drug-likeness (QED) is 0.284. The summed E-state index contributed by atoms with van der Waals surface area (Å²) in [5.41, 5.74) is 0. The smallest absolute Gasteiger partial charge is 0.269 e. The van der Waals surface area contributed by atoms with E-state index in [4.69, 9.17) is 0 Å². The standard InChI is InChI=1S/C5H14O8P2.C2H7O4P.3HPS/c1-4-5(12-14(6,7)10-2)13-15(8,9)11-3;1-5-7(3,4)6-2;3*1-2/h5H,4H2,1-3H3,(H,6,7)(H,8,9);1-2H3,(H,3,4);3*1H/p-3. The molecule has 0 rings (SSSR count). The molecule has 0 saturated carbocycles. The molecule has 0 N–H and O–H groups in total. The maximum absolute atomic E-state index is 10.8. The molecule has 0 aliphatic heterocycles. The first kappa shape index (κ1) is 40.3. The van der Waals surface area contributed by atoms with E-state index in [1.165, 1.54) is 6.92 Å². The lowest BCUT2D eigenvalue weighted by atomic mass is 10.5. The molecule has 0 aromatic carbocycles. The molecule has 0 aliphatic rings. The first-order valence-electron chi connectivity index (χ1n) is 6.02. The van der Waals surface area contributed by atoms with Gasteiger partial charge in [0.25, 0.3) is 23.5 Å². The minimum atomic E-state index is -4.53. The third kappa shape index (κ3) is 30.1. The van der Waals surface area contributed by atoms with Crippen LogP contribution in [0.1, 0.15) is 13.3 Å². The van der Waals surface area contributed by atoms with E-state index in [1.54, 1.807) is 0 Å². The van der Waals surface area contributed by atoms with Crippen LogP contribution in [0.4, 0.5) is 0 Å². The maximum atomic E-state index is 10.8. The molecule has 0 fully saturated rings. The Bertz CT molecular complexity index is 462. The lowest BCUT2D eigenvalue weighted by molar-refractivity contribution is -0.255. The summed E-state index contributed by atoms with van der Waals surface area (Å²) in [5.74, 6) is 0. The molecule has 2 atom stereocenters. The van der Waals surface area contributed by atoms with E-state index in [-0.39, 0.29) is 6.42 Å². The van der Waals surface area contributed by atoms with Gasteiger partial charge in [-0.05, 0) is 30.5 Å². The Morgan fingerprint density at radius 2 is 0.893 bits per heavy atom. The number of hydrogen-bond donors (Lipinski definition) is 0. The third-order valence-corrected chi connectivity index (χ3v) is 4.50. The molecule has 0 aromatic heterocycles. The SMILES string of the molecule is CCC(OP(=O)([O-])OC)OP(=O)([O-])OC.COP(=O)([O-])OC.P=S.P=S.P=S. The van der Waals surface area contributed by atoms with E-state index in [1.807, 2.05) is 0 Å². The predicted octanol–water partition coefficient (Wildman–Crippen LogP) is 1.51. The van der Waals surface area contributed by atoms with Crippen LogP contribution in [0, 0.1) is 0 Å². The van der Waals surface area contributed by atoms with E-state index in [0.717, 1.165) is 28.4 Å². The highest BCUT2D eigenvalue weighted by atomic mass is 32.4. The molecule has 2 unspecified atom stereocenters. The van der Waals surface area contributed by atoms with E-state index >= 15 is 0 Å². The molecule has 172 valence electrons. The van der Waals surface area contributed by atoms with Crippen molar-refractivity contribution in [1.29, 1.82) is 0 Å². The van der Waals surface area contributed by atoms with Gasteiger partial charge in [-0.3, -0.25) is 22.7 Å². The van der Waals surface area contributed by atoms with Crippen LogP contribution in [0.25, 0.3) is 0 Å². The Hall–Kier alpha value is 1.89. The van der Waals surface area contributed by atoms with Gasteiger partial charge in [-0.2, -0.15) is 0 Å². The van der Waals surface area contributed by atoms with E-state index in [0.29, 0.717) is 0 Å². The lowest BCUT2D eigenvalue weighted by Gasteiger charge is -2.30. The monoisotopic (exact) mass is 579 g/mol. The van der Waals surface area contributed by atoms with Crippen molar-refractivity contribution in [3.8, 4) is 0 Å². The Balaban J connectivity index is -0.000000113. The minimum absolute atomic E-state index is 0.00875. The van der Waals surface area contributed by atoms with Gasteiger partial charge in [0.2, 0.25) is 0 Å². The molecule has 0 amide bonds. The number of hydrogen-bond acceptors (Lipinski definition) is 15. The van der Waals surface area contributed by atoms with Gasteiger partial charge in [-0.1, -0.05) is 42.3 Å². The van der Waals surface area contributed by atoms with Gasteiger partial charge in [0.1, 0.15) is 0 Å². The van der Waals surface area contributed by atoms with Gasteiger partial charge >= 0.3 is 0 Å². The van der Waals surface area contributed by atoms with Gasteiger partial charge in [-0.15, -0.1) is 0 Å². The zero-order valence-electron chi connectivity index (χ0n) is 15.2. The molecular weight excluding hydrogens is 558 g/mol. The first-order chi connectivity index (χ1) is 12.9. The van der Waals surface area contributed by atoms with E-state index in [9.17, 15) is 28.4 Å². The Morgan fingerprint density at radius 1 is 0.679 bits per heavy atom. The average Bonchev–Trinajstić information content (AvgIpc) is 2.72. The van der Waals surface area contributed by atoms with Gasteiger partial charge < -0.3 is 32.8 Å². The van der Waals surface area contributed by atoms with Crippen LogP contribution < -0.4 is 14.7 Å². The van der Waals surface area contributed by atoms with Gasteiger partial charge in [0.05, 0.1) is 0 Å². The number of rotatable bonds is 9. The molecule has 0 heterocycles. The summed E-state index contributed by atoms with van der Waals surface area (Å²) in [6, 6.07) is 0. The van der Waals surface area contributed by atoms with Crippen molar-refractivity contribution in [3.05, 3.63) is 0 Å². The second-order valence-corrected chi connectivity index (χ2v) is 7.69. The maximum Gasteiger partial charge on any atom is 0.269 e. The van der Waals surface area contributed by atoms with Crippen LogP contribution >= 0.6 is 47.5 Å². The summed E-state index contributed by atoms with van der Waals surface area (Å²) < 4.78 is 55.8. The largest absolute Gasteiger partial charge is 0.756 e. The van der Waals surface area contributed by atoms with Crippen molar-refractivity contribution >= 4 is 82.9 Å². The molecule has 0 aliphatic carbocycles. The van der Waals surface area contributed by atoms with Crippen LogP contribution in [0.2, 0.25) is 0 Å². The fourth-order valence-electron chi connectivity index (χ4n) is 0.617. The van der Waals surface area contributed by atoms with Crippen LogP contribution in [0.15, 0.2) is 0 Å². The summed E-state index contributed by atoms with van der Waals surface area (Å²) >= 11 is 11.7. The lowest BCUT2D eigenvalue weighted by Crippen LogP contribution is -2.21. The fourth-order valence-corrected chi connectivity index (χ4v) is 1.97. The van der Waals surface area contributed by atoms with E-state index in [2.05, 4.69) is 86.6 Å². The van der Waals surface area contributed by atoms with Crippen molar-refractivity contribution in [3.63, 3.8) is 0 Å². The van der Waals surface area contributed by atoms with Crippen molar-refractivity contribution in [1.82, 2.24) is 0 Å². The first-order valence-corrected chi connectivity index (χ1v) is 15.3. The second kappa shape index (κ2) is 25.2. The highest BCUT2D eigenvalue weighted by molar-refractivity contribution is 7.89. The van der Waals surface area contributed by atoms with Crippen molar-refractivity contribution < 1.29 is 55.5 Å². The normalized spacial score (nSPS) is 15.0.